The van der Waals surface area contributed by atoms with E-state index in [1.165, 1.54) is 0 Å². The molecule has 0 saturated carbocycles. The number of hydrogen-bond acceptors (Lipinski definition) is 2. The van der Waals surface area contributed by atoms with Gasteiger partial charge in [0.15, 0.2) is 0 Å². The Hall–Kier alpha value is -1.72. The Morgan fingerprint density at radius 3 is 2.26 bits per heavy atom. The van der Waals surface area contributed by atoms with Crippen LogP contribution in [-0.2, 0) is 6.18 Å². The van der Waals surface area contributed by atoms with Crippen molar-refractivity contribution < 1.29 is 23.1 Å². The Balaban J connectivity index is 3.16. The van der Waals surface area contributed by atoms with Crippen LogP contribution in [0.15, 0.2) is 18.2 Å². The highest BCUT2D eigenvalue weighted by Crippen LogP contribution is 2.32. The number of hydrogen-bond donors (Lipinski definition) is 2. The van der Waals surface area contributed by atoms with Crippen molar-refractivity contribution in [1.29, 1.82) is 0 Å². The van der Waals surface area contributed by atoms with Crippen molar-refractivity contribution in [2.75, 3.05) is 5.32 Å². The normalized spacial score (nSPS) is 13.4. The maximum atomic E-state index is 12.5. The molecule has 0 aliphatic heterocycles. The first-order valence-corrected chi connectivity index (χ1v) is 5.84. The second kappa shape index (κ2) is 5.50. The molecule has 106 valence electrons. The van der Waals surface area contributed by atoms with Crippen molar-refractivity contribution in [3.05, 3.63) is 29.3 Å². The lowest BCUT2D eigenvalue weighted by Gasteiger charge is -2.20. The molecule has 1 aromatic rings. The molecule has 0 aromatic heterocycles. The van der Waals surface area contributed by atoms with E-state index in [0.717, 1.165) is 12.1 Å². The largest absolute Gasteiger partial charge is 0.478 e. The van der Waals surface area contributed by atoms with Gasteiger partial charge in [-0.05, 0) is 31.0 Å². The van der Waals surface area contributed by atoms with Gasteiger partial charge in [-0.25, -0.2) is 4.79 Å². The van der Waals surface area contributed by atoms with Crippen LogP contribution in [0.4, 0.5) is 18.9 Å². The molecule has 0 radical (unpaired) electrons. The quantitative estimate of drug-likeness (QED) is 0.877. The molecule has 0 aliphatic rings. The number of benzene rings is 1. The van der Waals surface area contributed by atoms with Crippen LogP contribution < -0.4 is 5.32 Å². The minimum Gasteiger partial charge on any atom is -0.478 e. The van der Waals surface area contributed by atoms with E-state index in [9.17, 15) is 18.0 Å². The standard InChI is InChI=1S/C13H16F3NO2/c1-7(2)8(3)17-11-5-4-9(13(14,15)16)6-10(11)12(18)19/h4-8,17H,1-3H3,(H,18,19). The summed E-state index contributed by atoms with van der Waals surface area (Å²) in [5.41, 5.74) is -1.14. The van der Waals surface area contributed by atoms with Crippen LogP contribution in [0.2, 0.25) is 0 Å². The van der Waals surface area contributed by atoms with Gasteiger partial charge in [0.1, 0.15) is 0 Å². The average Bonchev–Trinajstić information content (AvgIpc) is 2.27. The third-order valence-electron chi connectivity index (χ3n) is 2.96. The average molecular weight is 275 g/mol. The van der Waals surface area contributed by atoms with Crippen LogP contribution in [0.3, 0.4) is 0 Å². The van der Waals surface area contributed by atoms with Crippen LogP contribution >= 0.6 is 0 Å². The molecule has 2 N–H and O–H groups in total. The molecule has 1 atom stereocenters. The monoisotopic (exact) mass is 275 g/mol. The summed E-state index contributed by atoms with van der Waals surface area (Å²) in [5, 5.41) is 11.9. The van der Waals surface area contributed by atoms with E-state index < -0.39 is 17.7 Å². The first-order chi connectivity index (χ1) is 8.62. The van der Waals surface area contributed by atoms with E-state index >= 15 is 0 Å². The minimum atomic E-state index is -4.55. The number of carboxylic acid groups (broad SMARTS) is 1. The number of halogens is 3. The first kappa shape index (κ1) is 15.3. The maximum absolute atomic E-state index is 12.5. The molecule has 0 fully saturated rings. The van der Waals surface area contributed by atoms with E-state index in [2.05, 4.69) is 5.32 Å². The second-order valence-corrected chi connectivity index (χ2v) is 4.74. The molecule has 0 saturated heterocycles. The van der Waals surface area contributed by atoms with Crippen molar-refractivity contribution in [2.45, 2.75) is 33.0 Å². The Kier molecular flexibility index (Phi) is 4.44. The van der Waals surface area contributed by atoms with E-state index in [0.29, 0.717) is 6.07 Å². The second-order valence-electron chi connectivity index (χ2n) is 4.74. The fourth-order valence-corrected chi connectivity index (χ4v) is 1.44. The van der Waals surface area contributed by atoms with Gasteiger partial charge in [0.05, 0.1) is 11.1 Å². The van der Waals surface area contributed by atoms with Crippen LogP contribution in [0.5, 0.6) is 0 Å². The summed E-state index contributed by atoms with van der Waals surface area (Å²) in [7, 11) is 0. The lowest BCUT2D eigenvalue weighted by molar-refractivity contribution is -0.137. The summed E-state index contributed by atoms with van der Waals surface area (Å²) in [4.78, 5) is 11.0. The van der Waals surface area contributed by atoms with Gasteiger partial charge in [-0.2, -0.15) is 13.2 Å². The zero-order valence-electron chi connectivity index (χ0n) is 10.9. The van der Waals surface area contributed by atoms with Gasteiger partial charge in [0.25, 0.3) is 0 Å². The number of carbonyl (C=O) groups is 1. The molecule has 0 spiro atoms. The van der Waals surface area contributed by atoms with Crippen LogP contribution in [0.25, 0.3) is 0 Å². The number of rotatable bonds is 4. The smallest absolute Gasteiger partial charge is 0.416 e. The highest BCUT2D eigenvalue weighted by Gasteiger charge is 2.32. The van der Waals surface area contributed by atoms with E-state index in [1.807, 2.05) is 20.8 Å². The molecule has 19 heavy (non-hydrogen) atoms. The van der Waals surface area contributed by atoms with Gasteiger partial charge in [0.2, 0.25) is 0 Å². The van der Waals surface area contributed by atoms with Crippen molar-refractivity contribution in [3.8, 4) is 0 Å². The first-order valence-electron chi connectivity index (χ1n) is 5.84. The predicted molar refractivity (Wildman–Crippen MR) is 66.3 cm³/mol. The van der Waals surface area contributed by atoms with E-state index in [4.69, 9.17) is 5.11 Å². The molecule has 1 rings (SSSR count). The van der Waals surface area contributed by atoms with Crippen LogP contribution in [0, 0.1) is 5.92 Å². The van der Waals surface area contributed by atoms with Gasteiger partial charge < -0.3 is 10.4 Å². The molecular formula is C13H16F3NO2. The molecule has 6 heteroatoms. The molecule has 0 heterocycles. The predicted octanol–water partition coefficient (Wildman–Crippen LogP) is 3.86. The van der Waals surface area contributed by atoms with E-state index in [1.54, 1.807) is 0 Å². The SMILES string of the molecule is CC(C)C(C)Nc1ccc(C(F)(F)F)cc1C(=O)O. The van der Waals surface area contributed by atoms with Crippen LogP contribution in [-0.4, -0.2) is 17.1 Å². The van der Waals surface area contributed by atoms with Crippen molar-refractivity contribution in [2.24, 2.45) is 5.92 Å². The van der Waals surface area contributed by atoms with Gasteiger partial charge in [-0.1, -0.05) is 13.8 Å². The third-order valence-corrected chi connectivity index (χ3v) is 2.96. The van der Waals surface area contributed by atoms with Crippen molar-refractivity contribution >= 4 is 11.7 Å². The fraction of sp³-hybridized carbons (Fsp3) is 0.462. The van der Waals surface area contributed by atoms with Crippen molar-refractivity contribution in [3.63, 3.8) is 0 Å². The number of alkyl halides is 3. The Morgan fingerprint density at radius 1 is 1.26 bits per heavy atom. The van der Waals surface area contributed by atoms with E-state index in [-0.39, 0.29) is 23.2 Å². The zero-order chi connectivity index (χ0) is 14.8. The molecule has 1 unspecified atom stereocenters. The fourth-order valence-electron chi connectivity index (χ4n) is 1.44. The highest BCUT2D eigenvalue weighted by molar-refractivity contribution is 5.94. The molecule has 0 bridgehead atoms. The number of anilines is 1. The summed E-state index contributed by atoms with van der Waals surface area (Å²) in [5.74, 6) is -1.16. The molecule has 0 amide bonds. The third kappa shape index (κ3) is 3.87. The number of aromatic carboxylic acids is 1. The summed E-state index contributed by atoms with van der Waals surface area (Å²) < 4.78 is 37.6. The molecule has 3 nitrogen and oxygen atoms in total. The lowest BCUT2D eigenvalue weighted by atomic mass is 10.0. The molecule has 0 aliphatic carbocycles. The Morgan fingerprint density at radius 2 is 1.84 bits per heavy atom. The summed E-state index contributed by atoms with van der Waals surface area (Å²) in [6.07, 6.45) is -4.55. The Bertz CT molecular complexity index is 469. The minimum absolute atomic E-state index is 0.0464. The number of carboxylic acids is 1. The number of nitrogens with one attached hydrogen (secondary N) is 1. The van der Waals surface area contributed by atoms with Gasteiger partial charge >= 0.3 is 12.1 Å². The Labute approximate surface area is 109 Å². The summed E-state index contributed by atoms with van der Waals surface area (Å²) >= 11 is 0. The van der Waals surface area contributed by atoms with Crippen molar-refractivity contribution in [1.82, 2.24) is 0 Å². The lowest BCUT2D eigenvalue weighted by Crippen LogP contribution is -2.23. The van der Waals surface area contributed by atoms with Gasteiger partial charge in [-0.15, -0.1) is 0 Å². The molecule has 1 aromatic carbocycles. The van der Waals surface area contributed by atoms with Gasteiger partial charge in [-0.3, -0.25) is 0 Å². The van der Waals surface area contributed by atoms with Crippen LogP contribution in [0.1, 0.15) is 36.7 Å². The topological polar surface area (TPSA) is 49.3 Å². The summed E-state index contributed by atoms with van der Waals surface area (Å²) in [6, 6.07) is 2.64. The maximum Gasteiger partial charge on any atom is 0.416 e. The zero-order valence-corrected chi connectivity index (χ0v) is 10.9. The molecular weight excluding hydrogens is 259 g/mol. The summed E-state index contributed by atoms with van der Waals surface area (Å²) in [6.45, 7) is 5.71. The highest BCUT2D eigenvalue weighted by atomic mass is 19.4. The van der Waals surface area contributed by atoms with Gasteiger partial charge in [0, 0.05) is 11.7 Å².